The molecule has 27 heavy (non-hydrogen) atoms. The third-order valence-electron chi connectivity index (χ3n) is 4.57. The topological polar surface area (TPSA) is 73.9 Å². The van der Waals surface area contributed by atoms with Crippen molar-refractivity contribution in [2.75, 3.05) is 0 Å². The Morgan fingerprint density at radius 1 is 1.00 bits per heavy atom. The molecular weight excluding hydrogens is 346 g/mol. The molecule has 1 amide bonds. The van der Waals surface area contributed by atoms with Crippen LogP contribution in [0.15, 0.2) is 54.6 Å². The molecule has 0 radical (unpaired) electrons. The molecule has 1 N–H and O–H groups in total. The van der Waals surface area contributed by atoms with Gasteiger partial charge in [0.15, 0.2) is 11.5 Å². The molecule has 4 rings (SSSR count). The summed E-state index contributed by atoms with van der Waals surface area (Å²) in [7, 11) is 0. The zero-order chi connectivity index (χ0) is 18.8. The van der Waals surface area contributed by atoms with Crippen molar-refractivity contribution in [3.05, 3.63) is 60.2 Å². The van der Waals surface area contributed by atoms with Crippen molar-refractivity contribution < 1.29 is 23.8 Å². The molecule has 2 aromatic rings. The molecule has 2 aromatic carbocycles. The fraction of sp³-hybridized carbons (Fsp3) is 0.333. The third kappa shape index (κ3) is 3.89. The van der Waals surface area contributed by atoms with Gasteiger partial charge in [0.2, 0.25) is 12.2 Å². The highest BCUT2D eigenvalue weighted by Gasteiger charge is 2.39. The quantitative estimate of drug-likeness (QED) is 0.823. The lowest BCUT2D eigenvalue weighted by Gasteiger charge is -2.31. The first-order valence-electron chi connectivity index (χ1n) is 9.10. The molecule has 1 aliphatic carbocycles. The molecule has 3 atom stereocenters. The van der Waals surface area contributed by atoms with Crippen molar-refractivity contribution in [3.63, 3.8) is 0 Å². The van der Waals surface area contributed by atoms with Crippen LogP contribution in [0.25, 0.3) is 0 Å². The van der Waals surface area contributed by atoms with Gasteiger partial charge in [-0.3, -0.25) is 4.79 Å². The predicted octanol–water partition coefficient (Wildman–Crippen LogP) is 2.78. The minimum absolute atomic E-state index is 0.169. The fourth-order valence-corrected chi connectivity index (χ4v) is 2.97. The Morgan fingerprint density at radius 2 is 1.63 bits per heavy atom. The van der Waals surface area contributed by atoms with E-state index in [4.69, 9.17) is 14.2 Å². The summed E-state index contributed by atoms with van der Waals surface area (Å²) < 4.78 is 17.1. The second kappa shape index (κ2) is 7.31. The van der Waals surface area contributed by atoms with Crippen LogP contribution in [0.4, 0.5) is 0 Å². The lowest BCUT2D eigenvalue weighted by atomic mass is 10.1. The van der Waals surface area contributed by atoms with E-state index in [2.05, 4.69) is 5.32 Å². The van der Waals surface area contributed by atoms with Crippen molar-refractivity contribution >= 4 is 11.9 Å². The van der Waals surface area contributed by atoms with Gasteiger partial charge in [0, 0.05) is 11.6 Å². The number of rotatable bonds is 5. The molecule has 6 nitrogen and oxygen atoms in total. The Labute approximate surface area is 157 Å². The van der Waals surface area contributed by atoms with E-state index in [-0.39, 0.29) is 11.9 Å². The van der Waals surface area contributed by atoms with Gasteiger partial charge in [-0.1, -0.05) is 42.5 Å². The van der Waals surface area contributed by atoms with Crippen molar-refractivity contribution in [3.8, 4) is 11.5 Å². The number of carbonyl (C=O) groups is 2. The van der Waals surface area contributed by atoms with Crippen molar-refractivity contribution in [2.24, 2.45) is 0 Å². The Hall–Kier alpha value is -3.02. The maximum atomic E-state index is 12.8. The molecule has 1 aliphatic heterocycles. The van der Waals surface area contributed by atoms with E-state index in [9.17, 15) is 9.59 Å². The minimum Gasteiger partial charge on any atom is -0.482 e. The average Bonchev–Trinajstić information content (AvgIpc) is 3.50. The Balaban J connectivity index is 1.52. The summed E-state index contributed by atoms with van der Waals surface area (Å²) in [6, 6.07) is 16.3. The molecule has 0 aromatic heterocycles. The van der Waals surface area contributed by atoms with E-state index >= 15 is 0 Å². The van der Waals surface area contributed by atoms with Crippen LogP contribution >= 0.6 is 0 Å². The average molecular weight is 367 g/mol. The van der Waals surface area contributed by atoms with Gasteiger partial charge in [0.05, 0.1) is 0 Å². The van der Waals surface area contributed by atoms with E-state index in [0.29, 0.717) is 17.1 Å². The molecule has 0 bridgehead atoms. The summed E-state index contributed by atoms with van der Waals surface area (Å²) in [5, 5.41) is 2.90. The van der Waals surface area contributed by atoms with Crippen LogP contribution in [0.5, 0.6) is 11.5 Å². The number of ether oxygens (including phenoxy) is 3. The summed E-state index contributed by atoms with van der Waals surface area (Å²) in [5.74, 6) is 0.120. The SMILES string of the molecule is C[C@@H]1Oc2ccccc2O[C@H]1C(=O)O[C@H](C(=O)NC1CC1)c1ccccc1. The maximum absolute atomic E-state index is 12.8. The van der Waals surface area contributed by atoms with Crippen molar-refractivity contribution in [1.29, 1.82) is 0 Å². The zero-order valence-electron chi connectivity index (χ0n) is 15.0. The van der Waals surface area contributed by atoms with Crippen molar-refractivity contribution in [2.45, 2.75) is 44.1 Å². The van der Waals surface area contributed by atoms with E-state index in [1.807, 2.05) is 12.1 Å². The van der Waals surface area contributed by atoms with Crippen molar-refractivity contribution in [1.82, 2.24) is 5.32 Å². The van der Waals surface area contributed by atoms with E-state index in [0.717, 1.165) is 12.8 Å². The van der Waals surface area contributed by atoms with Gasteiger partial charge in [0.25, 0.3) is 5.91 Å². The molecule has 0 spiro atoms. The summed E-state index contributed by atoms with van der Waals surface area (Å²) in [6.45, 7) is 1.74. The van der Waals surface area contributed by atoms with Crippen LogP contribution in [0, 0.1) is 0 Å². The normalized spacial score (nSPS) is 21.8. The largest absolute Gasteiger partial charge is 0.482 e. The molecule has 140 valence electrons. The summed E-state index contributed by atoms with van der Waals surface area (Å²) in [5.41, 5.74) is 0.619. The van der Waals surface area contributed by atoms with E-state index in [1.165, 1.54) is 0 Å². The Kier molecular flexibility index (Phi) is 4.71. The Bertz CT molecular complexity index is 833. The second-order valence-electron chi connectivity index (χ2n) is 6.82. The first-order valence-corrected chi connectivity index (χ1v) is 9.10. The molecule has 1 heterocycles. The monoisotopic (exact) mass is 367 g/mol. The van der Waals surface area contributed by atoms with Gasteiger partial charge in [-0.2, -0.15) is 0 Å². The standard InChI is InChI=1S/C21H21NO5/c1-13-18(26-17-10-6-5-9-16(17)25-13)21(24)27-19(14-7-3-2-4-8-14)20(23)22-15-11-12-15/h2-10,13,15,18-19H,11-12H2,1H3,(H,22,23)/t13-,18+,19-/m0/s1. The zero-order valence-corrected chi connectivity index (χ0v) is 15.0. The first-order chi connectivity index (χ1) is 13.1. The van der Waals surface area contributed by atoms with Crippen LogP contribution < -0.4 is 14.8 Å². The van der Waals surface area contributed by atoms with Gasteiger partial charge in [-0.05, 0) is 31.9 Å². The van der Waals surface area contributed by atoms with Gasteiger partial charge < -0.3 is 19.5 Å². The third-order valence-corrected chi connectivity index (χ3v) is 4.57. The summed E-state index contributed by atoms with van der Waals surface area (Å²) in [4.78, 5) is 25.4. The van der Waals surface area contributed by atoms with Crippen LogP contribution in [0.3, 0.4) is 0 Å². The minimum atomic E-state index is -1.02. The lowest BCUT2D eigenvalue weighted by Crippen LogP contribution is -2.46. The van der Waals surface area contributed by atoms with E-state index < -0.39 is 24.3 Å². The highest BCUT2D eigenvalue weighted by Crippen LogP contribution is 2.34. The molecule has 1 fully saturated rings. The molecular formula is C21H21NO5. The Morgan fingerprint density at radius 3 is 2.30 bits per heavy atom. The second-order valence-corrected chi connectivity index (χ2v) is 6.82. The molecule has 0 unspecified atom stereocenters. The highest BCUT2D eigenvalue weighted by molar-refractivity contribution is 5.86. The molecule has 6 heteroatoms. The summed E-state index contributed by atoms with van der Waals surface area (Å²) in [6.07, 6.45) is -0.592. The smallest absolute Gasteiger partial charge is 0.352 e. The number of nitrogens with one attached hydrogen (secondary N) is 1. The first kappa shape index (κ1) is 17.4. The van der Waals surface area contributed by atoms with Crippen LogP contribution in [0.1, 0.15) is 31.4 Å². The van der Waals surface area contributed by atoms with Gasteiger partial charge in [-0.25, -0.2) is 4.79 Å². The number of benzene rings is 2. The van der Waals surface area contributed by atoms with E-state index in [1.54, 1.807) is 49.4 Å². The molecule has 0 saturated heterocycles. The molecule has 1 saturated carbocycles. The van der Waals surface area contributed by atoms with Gasteiger partial charge in [0.1, 0.15) is 6.10 Å². The maximum Gasteiger partial charge on any atom is 0.352 e. The number of esters is 1. The lowest BCUT2D eigenvalue weighted by molar-refractivity contribution is -0.168. The molecule has 2 aliphatic rings. The number of carbonyl (C=O) groups excluding carboxylic acids is 2. The number of amides is 1. The number of hydrogen-bond acceptors (Lipinski definition) is 5. The summed E-state index contributed by atoms with van der Waals surface area (Å²) >= 11 is 0. The highest BCUT2D eigenvalue weighted by atomic mass is 16.6. The fourth-order valence-electron chi connectivity index (χ4n) is 2.97. The number of fused-ring (bicyclic) bond motifs is 1. The number of hydrogen-bond donors (Lipinski definition) is 1. The van der Waals surface area contributed by atoms with Gasteiger partial charge >= 0.3 is 5.97 Å². The van der Waals surface area contributed by atoms with Crippen LogP contribution in [-0.4, -0.2) is 30.1 Å². The predicted molar refractivity (Wildman–Crippen MR) is 97.4 cm³/mol. The van der Waals surface area contributed by atoms with Crippen LogP contribution in [-0.2, 0) is 14.3 Å². The number of para-hydroxylation sites is 2. The van der Waals surface area contributed by atoms with Gasteiger partial charge in [-0.15, -0.1) is 0 Å². The van der Waals surface area contributed by atoms with Crippen LogP contribution in [0.2, 0.25) is 0 Å².